The summed E-state index contributed by atoms with van der Waals surface area (Å²) >= 11 is 8.00. The fourth-order valence-electron chi connectivity index (χ4n) is 2.22. The molecule has 0 spiro atoms. The summed E-state index contributed by atoms with van der Waals surface area (Å²) in [4.78, 5) is 27.0. The minimum Gasteiger partial charge on any atom is -0.481 e. The number of carbonyl (C=O) groups is 2. The normalized spacial score (nSPS) is 16.2. The van der Waals surface area contributed by atoms with Crippen LogP contribution in [0.2, 0.25) is 0 Å². The fraction of sp³-hybridized carbons (Fsp3) is 0.118. The molecule has 0 aliphatic carbocycles. The van der Waals surface area contributed by atoms with Crippen molar-refractivity contribution in [3.8, 4) is 10.4 Å². The predicted molar refractivity (Wildman–Crippen MR) is 102 cm³/mol. The van der Waals surface area contributed by atoms with Crippen LogP contribution in [0.5, 0.6) is 0 Å². The summed E-state index contributed by atoms with van der Waals surface area (Å²) in [5.74, 6) is -1.17. The second-order valence-electron chi connectivity index (χ2n) is 5.05. The zero-order valence-corrected chi connectivity index (χ0v) is 14.9. The van der Waals surface area contributed by atoms with Crippen molar-refractivity contribution in [1.82, 2.24) is 4.90 Å². The van der Waals surface area contributed by atoms with E-state index in [1.54, 1.807) is 11.3 Å². The summed E-state index contributed by atoms with van der Waals surface area (Å²) in [5.41, 5.74) is 1.14. The van der Waals surface area contributed by atoms with Gasteiger partial charge in [-0.05, 0) is 23.8 Å². The summed E-state index contributed by atoms with van der Waals surface area (Å²) in [7, 11) is 0. The zero-order valence-electron chi connectivity index (χ0n) is 12.5. The highest BCUT2D eigenvalue weighted by Gasteiger charge is 2.32. The van der Waals surface area contributed by atoms with Crippen molar-refractivity contribution in [2.75, 3.05) is 6.54 Å². The third-order valence-electron chi connectivity index (χ3n) is 3.38. The first-order valence-corrected chi connectivity index (χ1v) is 9.21. The SMILES string of the molecule is O=C(O)CCN1C(=O)/C(=C\c2ccc(-c3ccccc3)s2)SC1=S. The van der Waals surface area contributed by atoms with Crippen LogP contribution in [0.4, 0.5) is 0 Å². The van der Waals surface area contributed by atoms with Crippen molar-refractivity contribution in [3.63, 3.8) is 0 Å². The lowest BCUT2D eigenvalue weighted by Gasteiger charge is -2.12. The van der Waals surface area contributed by atoms with E-state index in [0.717, 1.165) is 15.3 Å². The molecule has 1 amide bonds. The molecule has 1 aliphatic rings. The van der Waals surface area contributed by atoms with Crippen LogP contribution in [-0.4, -0.2) is 32.7 Å². The van der Waals surface area contributed by atoms with E-state index in [4.69, 9.17) is 17.3 Å². The molecule has 2 heterocycles. The van der Waals surface area contributed by atoms with Gasteiger partial charge >= 0.3 is 5.97 Å². The minimum absolute atomic E-state index is 0.108. The topological polar surface area (TPSA) is 57.6 Å². The number of aliphatic carboxylic acids is 1. The van der Waals surface area contributed by atoms with Crippen molar-refractivity contribution in [2.24, 2.45) is 0 Å². The Morgan fingerprint density at radius 1 is 1.21 bits per heavy atom. The van der Waals surface area contributed by atoms with Crippen LogP contribution in [0.1, 0.15) is 11.3 Å². The van der Waals surface area contributed by atoms with Crippen LogP contribution in [0.25, 0.3) is 16.5 Å². The van der Waals surface area contributed by atoms with Crippen LogP contribution < -0.4 is 0 Å². The average Bonchev–Trinajstić information content (AvgIpc) is 3.13. The molecule has 1 N–H and O–H groups in total. The summed E-state index contributed by atoms with van der Waals surface area (Å²) in [6.07, 6.45) is 1.70. The van der Waals surface area contributed by atoms with E-state index in [0.29, 0.717) is 9.23 Å². The molecule has 0 saturated carbocycles. The van der Waals surface area contributed by atoms with Gasteiger partial charge < -0.3 is 5.11 Å². The van der Waals surface area contributed by atoms with Crippen LogP contribution in [0, 0.1) is 0 Å². The van der Waals surface area contributed by atoms with Gasteiger partial charge in [0.15, 0.2) is 0 Å². The molecule has 4 nitrogen and oxygen atoms in total. The molecular weight excluding hydrogens is 362 g/mol. The maximum atomic E-state index is 12.4. The van der Waals surface area contributed by atoms with Gasteiger partial charge in [-0.25, -0.2) is 0 Å². The lowest BCUT2D eigenvalue weighted by molar-refractivity contribution is -0.137. The molecule has 122 valence electrons. The summed E-state index contributed by atoms with van der Waals surface area (Å²) in [6.45, 7) is 0.108. The first-order chi connectivity index (χ1) is 11.5. The maximum absolute atomic E-state index is 12.4. The molecule has 1 aromatic heterocycles. The van der Waals surface area contributed by atoms with Crippen LogP contribution >= 0.6 is 35.3 Å². The Morgan fingerprint density at radius 2 is 1.96 bits per heavy atom. The molecule has 0 radical (unpaired) electrons. The summed E-state index contributed by atoms with van der Waals surface area (Å²) in [6, 6.07) is 14.0. The largest absolute Gasteiger partial charge is 0.481 e. The molecule has 0 bridgehead atoms. The molecule has 1 saturated heterocycles. The zero-order chi connectivity index (χ0) is 17.1. The van der Waals surface area contributed by atoms with Crippen LogP contribution in [-0.2, 0) is 9.59 Å². The van der Waals surface area contributed by atoms with Gasteiger partial charge in [0.05, 0.1) is 11.3 Å². The third-order valence-corrected chi connectivity index (χ3v) is 5.84. The third kappa shape index (κ3) is 3.75. The molecule has 7 heteroatoms. The van der Waals surface area contributed by atoms with Gasteiger partial charge in [0.25, 0.3) is 5.91 Å². The number of thiocarbonyl (C=S) groups is 1. The number of nitrogens with zero attached hydrogens (tertiary/aromatic N) is 1. The summed E-state index contributed by atoms with van der Waals surface area (Å²) in [5, 5.41) is 8.76. The van der Waals surface area contributed by atoms with Gasteiger partial charge in [-0.1, -0.05) is 54.3 Å². The van der Waals surface area contributed by atoms with Crippen molar-refractivity contribution in [3.05, 3.63) is 52.2 Å². The highest BCUT2D eigenvalue weighted by Crippen LogP contribution is 2.35. The number of carbonyl (C=O) groups excluding carboxylic acids is 1. The smallest absolute Gasteiger partial charge is 0.305 e. The monoisotopic (exact) mass is 375 g/mol. The molecule has 3 rings (SSSR count). The van der Waals surface area contributed by atoms with Gasteiger partial charge in [-0.15, -0.1) is 11.3 Å². The van der Waals surface area contributed by atoms with Crippen molar-refractivity contribution >= 4 is 57.6 Å². The average molecular weight is 375 g/mol. The quantitative estimate of drug-likeness (QED) is 0.630. The van der Waals surface area contributed by atoms with E-state index in [2.05, 4.69) is 0 Å². The van der Waals surface area contributed by atoms with Crippen molar-refractivity contribution in [1.29, 1.82) is 0 Å². The number of rotatable bonds is 5. The van der Waals surface area contributed by atoms with Gasteiger partial charge in [0.1, 0.15) is 4.32 Å². The Kier molecular flexibility index (Phi) is 5.13. The second-order valence-corrected chi connectivity index (χ2v) is 7.84. The number of hydrogen-bond donors (Lipinski definition) is 1. The molecule has 0 atom stereocenters. The molecule has 1 aliphatic heterocycles. The summed E-state index contributed by atoms with van der Waals surface area (Å²) < 4.78 is 0.410. The Morgan fingerprint density at radius 3 is 2.67 bits per heavy atom. The predicted octanol–water partition coefficient (Wildman–Crippen LogP) is 4.09. The Balaban J connectivity index is 1.77. The number of carboxylic acids is 1. The molecule has 2 aromatic rings. The number of hydrogen-bond acceptors (Lipinski definition) is 5. The fourth-order valence-corrected chi connectivity index (χ4v) is 4.55. The van der Waals surface area contributed by atoms with Gasteiger partial charge in [0, 0.05) is 16.3 Å². The van der Waals surface area contributed by atoms with E-state index in [1.807, 2.05) is 48.5 Å². The standard InChI is InChI=1S/C17H13NO3S3/c19-15(20)8-9-18-16(21)14(24-17(18)22)10-12-6-7-13(23-12)11-4-2-1-3-5-11/h1-7,10H,8-9H2,(H,19,20)/b14-10+. The van der Waals surface area contributed by atoms with Crippen LogP contribution in [0.3, 0.4) is 0 Å². The molecule has 1 fully saturated rings. The second kappa shape index (κ2) is 7.29. The molecule has 0 unspecified atom stereocenters. The molecule has 1 aromatic carbocycles. The number of carboxylic acid groups (broad SMARTS) is 1. The Bertz CT molecular complexity index is 827. The minimum atomic E-state index is -0.946. The highest BCUT2D eigenvalue weighted by atomic mass is 32.2. The number of amides is 1. The van der Waals surface area contributed by atoms with Crippen molar-refractivity contribution in [2.45, 2.75) is 6.42 Å². The lowest BCUT2D eigenvalue weighted by atomic mass is 10.2. The first-order valence-electron chi connectivity index (χ1n) is 7.17. The highest BCUT2D eigenvalue weighted by molar-refractivity contribution is 8.26. The van der Waals surface area contributed by atoms with Gasteiger partial charge in [-0.3, -0.25) is 14.5 Å². The lowest BCUT2D eigenvalue weighted by Crippen LogP contribution is -2.30. The number of thioether (sulfide) groups is 1. The van der Waals surface area contributed by atoms with Crippen molar-refractivity contribution < 1.29 is 14.7 Å². The molecule has 24 heavy (non-hydrogen) atoms. The number of thiophene rings is 1. The number of benzene rings is 1. The van der Waals surface area contributed by atoms with E-state index in [1.165, 1.54) is 16.7 Å². The van der Waals surface area contributed by atoms with Gasteiger partial charge in [0.2, 0.25) is 0 Å². The van der Waals surface area contributed by atoms with Gasteiger partial charge in [-0.2, -0.15) is 0 Å². The van der Waals surface area contributed by atoms with Crippen LogP contribution in [0.15, 0.2) is 47.4 Å². The van der Waals surface area contributed by atoms with E-state index >= 15 is 0 Å². The van der Waals surface area contributed by atoms with E-state index in [9.17, 15) is 9.59 Å². The maximum Gasteiger partial charge on any atom is 0.305 e. The Hall–Kier alpha value is -1.96. The Labute approximate surface area is 152 Å². The van der Waals surface area contributed by atoms with E-state index < -0.39 is 5.97 Å². The van der Waals surface area contributed by atoms with E-state index in [-0.39, 0.29) is 18.9 Å². The first kappa shape index (κ1) is 16.9. The molecular formula is C17H13NO3S3.